The summed E-state index contributed by atoms with van der Waals surface area (Å²) >= 11 is 0. The standard InChI is InChI=1S/C19H30N2/c1-3-4-16-5-7-18(8-6-16)15(2)20-13-17-11-12-21(14-17)19-9-10-19/h5-8,15,17,19-20H,3-4,9-14H2,1-2H3. The Bertz CT molecular complexity index is 435. The summed E-state index contributed by atoms with van der Waals surface area (Å²) in [4.78, 5) is 2.70. The van der Waals surface area contributed by atoms with Crippen LogP contribution in [0.3, 0.4) is 0 Å². The Hall–Kier alpha value is -0.860. The van der Waals surface area contributed by atoms with Crippen LogP contribution in [0, 0.1) is 5.92 Å². The van der Waals surface area contributed by atoms with Gasteiger partial charge in [-0.3, -0.25) is 0 Å². The van der Waals surface area contributed by atoms with Crippen LogP contribution in [-0.4, -0.2) is 30.6 Å². The highest BCUT2D eigenvalue weighted by Crippen LogP contribution is 2.31. The van der Waals surface area contributed by atoms with Crippen molar-refractivity contribution in [3.63, 3.8) is 0 Å². The average molecular weight is 286 g/mol. The number of likely N-dealkylation sites (tertiary alicyclic amines) is 1. The van der Waals surface area contributed by atoms with Crippen molar-refractivity contribution in [2.45, 2.75) is 58.0 Å². The smallest absolute Gasteiger partial charge is 0.0291 e. The molecule has 2 atom stereocenters. The van der Waals surface area contributed by atoms with Gasteiger partial charge in [0, 0.05) is 18.6 Å². The molecule has 1 aliphatic heterocycles. The zero-order valence-electron chi connectivity index (χ0n) is 13.6. The maximum absolute atomic E-state index is 3.75. The molecular weight excluding hydrogens is 256 g/mol. The van der Waals surface area contributed by atoms with E-state index >= 15 is 0 Å². The van der Waals surface area contributed by atoms with Crippen LogP contribution in [0.5, 0.6) is 0 Å². The number of hydrogen-bond acceptors (Lipinski definition) is 2. The Balaban J connectivity index is 1.44. The molecule has 116 valence electrons. The lowest BCUT2D eigenvalue weighted by Gasteiger charge is -2.19. The molecule has 1 saturated carbocycles. The van der Waals surface area contributed by atoms with Crippen LogP contribution >= 0.6 is 0 Å². The fourth-order valence-corrected chi connectivity index (χ4v) is 3.52. The zero-order valence-corrected chi connectivity index (χ0v) is 13.6. The molecule has 0 aromatic heterocycles. The molecule has 0 amide bonds. The van der Waals surface area contributed by atoms with Crippen molar-refractivity contribution in [2.24, 2.45) is 5.92 Å². The van der Waals surface area contributed by atoms with Gasteiger partial charge in [0.15, 0.2) is 0 Å². The molecule has 1 heterocycles. The van der Waals surface area contributed by atoms with Gasteiger partial charge in [-0.15, -0.1) is 0 Å². The van der Waals surface area contributed by atoms with Gasteiger partial charge < -0.3 is 10.2 Å². The molecule has 3 rings (SSSR count). The molecule has 1 aromatic rings. The summed E-state index contributed by atoms with van der Waals surface area (Å²) in [6.45, 7) is 8.35. The summed E-state index contributed by atoms with van der Waals surface area (Å²) in [5.41, 5.74) is 2.89. The third-order valence-corrected chi connectivity index (χ3v) is 5.11. The fraction of sp³-hybridized carbons (Fsp3) is 0.684. The average Bonchev–Trinajstić information content (AvgIpc) is 3.25. The Morgan fingerprint density at radius 1 is 1.19 bits per heavy atom. The highest BCUT2D eigenvalue weighted by atomic mass is 15.2. The van der Waals surface area contributed by atoms with Crippen LogP contribution in [0.2, 0.25) is 0 Å². The lowest BCUT2D eigenvalue weighted by Crippen LogP contribution is -2.29. The lowest BCUT2D eigenvalue weighted by molar-refractivity contribution is 0.310. The Morgan fingerprint density at radius 2 is 1.95 bits per heavy atom. The first kappa shape index (κ1) is 15.1. The number of aryl methyl sites for hydroxylation is 1. The molecule has 21 heavy (non-hydrogen) atoms. The molecule has 1 N–H and O–H groups in total. The van der Waals surface area contributed by atoms with Gasteiger partial charge in [-0.1, -0.05) is 37.6 Å². The van der Waals surface area contributed by atoms with Gasteiger partial charge in [0.25, 0.3) is 0 Å². The van der Waals surface area contributed by atoms with E-state index in [1.54, 1.807) is 0 Å². The SMILES string of the molecule is CCCc1ccc(C(C)NCC2CCN(C3CC3)C2)cc1. The van der Waals surface area contributed by atoms with E-state index in [2.05, 4.69) is 48.3 Å². The summed E-state index contributed by atoms with van der Waals surface area (Å²) in [5.74, 6) is 0.854. The highest BCUT2D eigenvalue weighted by molar-refractivity contribution is 5.24. The van der Waals surface area contributed by atoms with E-state index in [4.69, 9.17) is 0 Å². The van der Waals surface area contributed by atoms with Gasteiger partial charge in [-0.2, -0.15) is 0 Å². The molecule has 2 heteroatoms. The van der Waals surface area contributed by atoms with Crippen LogP contribution in [0.25, 0.3) is 0 Å². The van der Waals surface area contributed by atoms with E-state index in [0.29, 0.717) is 6.04 Å². The number of benzene rings is 1. The van der Waals surface area contributed by atoms with E-state index in [1.807, 2.05) is 0 Å². The largest absolute Gasteiger partial charge is 0.310 e. The molecule has 2 nitrogen and oxygen atoms in total. The van der Waals surface area contributed by atoms with Crippen LogP contribution in [0.1, 0.15) is 56.7 Å². The molecule has 2 fully saturated rings. The summed E-state index contributed by atoms with van der Waals surface area (Å²) < 4.78 is 0. The van der Waals surface area contributed by atoms with E-state index < -0.39 is 0 Å². The Morgan fingerprint density at radius 3 is 2.62 bits per heavy atom. The topological polar surface area (TPSA) is 15.3 Å². The highest BCUT2D eigenvalue weighted by Gasteiger charge is 2.34. The third-order valence-electron chi connectivity index (χ3n) is 5.11. The van der Waals surface area contributed by atoms with Crippen LogP contribution in [0.15, 0.2) is 24.3 Å². The van der Waals surface area contributed by atoms with Crippen LogP contribution in [-0.2, 0) is 6.42 Å². The summed E-state index contributed by atoms with van der Waals surface area (Å²) in [6.07, 6.45) is 6.69. The zero-order chi connectivity index (χ0) is 14.7. The molecule has 0 spiro atoms. The van der Waals surface area contributed by atoms with E-state index in [0.717, 1.165) is 12.0 Å². The number of hydrogen-bond donors (Lipinski definition) is 1. The first-order chi connectivity index (χ1) is 10.3. The van der Waals surface area contributed by atoms with Gasteiger partial charge in [0.1, 0.15) is 0 Å². The van der Waals surface area contributed by atoms with Gasteiger partial charge in [-0.25, -0.2) is 0 Å². The normalized spacial score (nSPS) is 24.4. The van der Waals surface area contributed by atoms with Gasteiger partial charge >= 0.3 is 0 Å². The monoisotopic (exact) mass is 286 g/mol. The van der Waals surface area contributed by atoms with Crippen LogP contribution < -0.4 is 5.32 Å². The molecule has 0 radical (unpaired) electrons. The van der Waals surface area contributed by atoms with Gasteiger partial charge in [0.2, 0.25) is 0 Å². The maximum Gasteiger partial charge on any atom is 0.0291 e. The van der Waals surface area contributed by atoms with Crippen LogP contribution in [0.4, 0.5) is 0 Å². The van der Waals surface area contributed by atoms with E-state index in [1.165, 1.54) is 62.9 Å². The van der Waals surface area contributed by atoms with Crippen molar-refractivity contribution >= 4 is 0 Å². The number of rotatable bonds is 7. The number of nitrogens with zero attached hydrogens (tertiary/aromatic N) is 1. The van der Waals surface area contributed by atoms with Crippen molar-refractivity contribution in [2.75, 3.05) is 19.6 Å². The van der Waals surface area contributed by atoms with Gasteiger partial charge in [0.05, 0.1) is 0 Å². The van der Waals surface area contributed by atoms with Crippen molar-refractivity contribution < 1.29 is 0 Å². The molecular formula is C19H30N2. The quantitative estimate of drug-likeness (QED) is 0.821. The predicted molar refractivity (Wildman–Crippen MR) is 89.6 cm³/mol. The second kappa shape index (κ2) is 6.93. The summed E-state index contributed by atoms with van der Waals surface area (Å²) in [7, 11) is 0. The summed E-state index contributed by atoms with van der Waals surface area (Å²) in [5, 5.41) is 3.75. The van der Waals surface area contributed by atoms with E-state index in [9.17, 15) is 0 Å². The van der Waals surface area contributed by atoms with Crippen molar-refractivity contribution in [3.05, 3.63) is 35.4 Å². The maximum atomic E-state index is 3.75. The molecule has 2 aliphatic rings. The molecule has 1 aliphatic carbocycles. The molecule has 1 saturated heterocycles. The third kappa shape index (κ3) is 4.08. The minimum Gasteiger partial charge on any atom is -0.310 e. The molecule has 1 aromatic carbocycles. The Kier molecular flexibility index (Phi) is 4.97. The second-order valence-corrected chi connectivity index (χ2v) is 7.00. The van der Waals surface area contributed by atoms with Crippen molar-refractivity contribution in [1.82, 2.24) is 10.2 Å². The second-order valence-electron chi connectivity index (χ2n) is 7.00. The first-order valence-electron chi connectivity index (χ1n) is 8.82. The first-order valence-corrected chi connectivity index (χ1v) is 8.82. The Labute approximate surface area is 129 Å². The molecule has 2 unspecified atom stereocenters. The van der Waals surface area contributed by atoms with Crippen molar-refractivity contribution in [1.29, 1.82) is 0 Å². The minimum absolute atomic E-state index is 0.468. The number of nitrogens with one attached hydrogen (secondary N) is 1. The lowest BCUT2D eigenvalue weighted by atomic mass is 10.0. The van der Waals surface area contributed by atoms with Gasteiger partial charge in [-0.05, 0) is 62.7 Å². The molecule has 0 bridgehead atoms. The van der Waals surface area contributed by atoms with Crippen molar-refractivity contribution in [3.8, 4) is 0 Å². The predicted octanol–water partition coefficient (Wildman–Crippen LogP) is 3.77. The minimum atomic E-state index is 0.468. The van der Waals surface area contributed by atoms with E-state index in [-0.39, 0.29) is 0 Å². The fourth-order valence-electron chi connectivity index (χ4n) is 3.52. The summed E-state index contributed by atoms with van der Waals surface area (Å²) in [6, 6.07) is 10.6.